The molecule has 5 nitrogen and oxygen atoms in total. The molecule has 2 aromatic rings. The summed E-state index contributed by atoms with van der Waals surface area (Å²) in [4.78, 5) is 13.6. The molecular formula is C30H33ClF3NO4. The Bertz CT molecular complexity index is 1220. The number of methoxy groups -OCH3 is 2. The maximum Gasteiger partial charge on any atom is 0.417 e. The van der Waals surface area contributed by atoms with Crippen LogP contribution < -0.4 is 4.74 Å². The molecule has 1 unspecified atom stereocenters. The molecule has 3 rings (SSSR count). The maximum atomic E-state index is 13.5. The quantitative estimate of drug-likeness (QED) is 0.154. The molecule has 2 aromatic carbocycles. The monoisotopic (exact) mass is 563 g/mol. The zero-order valence-electron chi connectivity index (χ0n) is 22.3. The maximum absolute atomic E-state index is 13.5. The molecule has 0 N–H and O–H groups in total. The number of rotatable bonds is 12. The SMILES string of the molecule is COC(=O)/C=C1\C=CC=C(OCCCN(Cc2cccc(C(F)(F)F)c2Cl)CC(C)c2ccccc2OC)C1. The number of carbonyl (C=O) groups is 1. The number of esters is 1. The number of carbonyl (C=O) groups excluding carboxylic acids is 1. The number of nitrogens with zero attached hydrogens (tertiary/aromatic N) is 1. The lowest BCUT2D eigenvalue weighted by atomic mass is 9.99. The van der Waals surface area contributed by atoms with E-state index >= 15 is 0 Å². The highest BCUT2D eigenvalue weighted by molar-refractivity contribution is 6.32. The van der Waals surface area contributed by atoms with Crippen LogP contribution >= 0.6 is 11.6 Å². The van der Waals surface area contributed by atoms with Crippen LogP contribution in [-0.2, 0) is 27.0 Å². The highest BCUT2D eigenvalue weighted by Gasteiger charge is 2.34. The first-order chi connectivity index (χ1) is 18.6. The van der Waals surface area contributed by atoms with E-state index in [1.165, 1.54) is 19.3 Å². The molecule has 210 valence electrons. The molecule has 0 saturated carbocycles. The van der Waals surface area contributed by atoms with Crippen LogP contribution in [-0.4, -0.2) is 44.8 Å². The van der Waals surface area contributed by atoms with Crippen molar-refractivity contribution < 1.29 is 32.2 Å². The molecule has 0 heterocycles. The highest BCUT2D eigenvalue weighted by Crippen LogP contribution is 2.37. The summed E-state index contributed by atoms with van der Waals surface area (Å²) in [5, 5.41) is -0.278. The van der Waals surface area contributed by atoms with E-state index in [0.29, 0.717) is 38.1 Å². The molecule has 1 aliphatic carbocycles. The Hall–Kier alpha value is -3.23. The first-order valence-electron chi connectivity index (χ1n) is 12.6. The number of hydrogen-bond donors (Lipinski definition) is 0. The Morgan fingerprint density at radius 2 is 1.92 bits per heavy atom. The number of hydrogen-bond acceptors (Lipinski definition) is 5. The molecule has 0 amide bonds. The van der Waals surface area contributed by atoms with Gasteiger partial charge in [0.25, 0.3) is 0 Å². The number of halogens is 4. The third-order valence-corrected chi connectivity index (χ3v) is 6.81. The van der Waals surface area contributed by atoms with Crippen molar-refractivity contribution in [2.45, 2.75) is 38.4 Å². The molecule has 1 atom stereocenters. The normalized spacial score (nSPS) is 15.3. The van der Waals surface area contributed by atoms with Crippen molar-refractivity contribution in [2.75, 3.05) is 33.9 Å². The van der Waals surface area contributed by atoms with Gasteiger partial charge in [-0.3, -0.25) is 4.90 Å². The van der Waals surface area contributed by atoms with Crippen molar-refractivity contribution in [3.8, 4) is 5.75 Å². The fourth-order valence-corrected chi connectivity index (χ4v) is 4.75. The summed E-state index contributed by atoms with van der Waals surface area (Å²) in [7, 11) is 2.94. The van der Waals surface area contributed by atoms with E-state index in [1.807, 2.05) is 42.5 Å². The van der Waals surface area contributed by atoms with Gasteiger partial charge in [-0.25, -0.2) is 4.79 Å². The van der Waals surface area contributed by atoms with Crippen LogP contribution in [0.2, 0.25) is 5.02 Å². The smallest absolute Gasteiger partial charge is 0.417 e. The molecule has 0 radical (unpaired) electrons. The molecular weight excluding hydrogens is 531 g/mol. The summed E-state index contributed by atoms with van der Waals surface area (Å²) in [6.45, 7) is 3.86. The fraction of sp³-hybridized carbons (Fsp3) is 0.367. The second-order valence-corrected chi connectivity index (χ2v) is 9.65. The van der Waals surface area contributed by atoms with Gasteiger partial charge in [-0.2, -0.15) is 13.2 Å². The van der Waals surface area contributed by atoms with Gasteiger partial charge in [-0.15, -0.1) is 0 Å². The minimum atomic E-state index is -4.53. The lowest BCUT2D eigenvalue weighted by Gasteiger charge is -2.28. The van der Waals surface area contributed by atoms with E-state index in [2.05, 4.69) is 16.6 Å². The zero-order chi connectivity index (χ0) is 28.4. The molecule has 0 aliphatic heterocycles. The van der Waals surface area contributed by atoms with E-state index in [1.54, 1.807) is 13.2 Å². The predicted octanol–water partition coefficient (Wildman–Crippen LogP) is 7.32. The lowest BCUT2D eigenvalue weighted by Crippen LogP contribution is -2.30. The predicted molar refractivity (Wildman–Crippen MR) is 146 cm³/mol. The average molecular weight is 564 g/mol. The summed E-state index contributed by atoms with van der Waals surface area (Å²) in [5.41, 5.74) is 1.37. The van der Waals surface area contributed by atoms with Gasteiger partial charge in [-0.05, 0) is 47.2 Å². The van der Waals surface area contributed by atoms with E-state index in [9.17, 15) is 18.0 Å². The molecule has 0 fully saturated rings. The minimum absolute atomic E-state index is 0.0452. The summed E-state index contributed by atoms with van der Waals surface area (Å²) >= 11 is 6.22. The number of alkyl halides is 3. The average Bonchev–Trinajstić information content (AvgIpc) is 2.91. The van der Waals surface area contributed by atoms with Crippen molar-refractivity contribution in [1.29, 1.82) is 0 Å². The van der Waals surface area contributed by atoms with Gasteiger partial charge in [0, 0.05) is 32.1 Å². The van der Waals surface area contributed by atoms with E-state index in [4.69, 9.17) is 21.1 Å². The number of ether oxygens (including phenoxy) is 3. The summed E-state index contributed by atoms with van der Waals surface area (Å²) in [5.74, 6) is 1.11. The molecule has 0 saturated heterocycles. The standard InChI is InChI=1S/C30H33ClF3NO4/c1-21(25-12-4-5-14-27(25)37-2)19-35(20-23-10-7-13-26(29(23)31)30(32,33)34)15-8-16-39-24-11-6-9-22(17-24)18-28(36)38-3/h4-7,9-14,18,21H,8,15-17,19-20H2,1-3H3/b22-18+. The van der Waals surface area contributed by atoms with Crippen molar-refractivity contribution in [3.63, 3.8) is 0 Å². The first kappa shape index (κ1) is 30.3. The topological polar surface area (TPSA) is 48.0 Å². The van der Waals surface area contributed by atoms with Crippen molar-refractivity contribution in [1.82, 2.24) is 4.90 Å². The Balaban J connectivity index is 1.70. The van der Waals surface area contributed by atoms with Gasteiger partial charge in [0.1, 0.15) is 11.5 Å². The fourth-order valence-electron chi connectivity index (χ4n) is 4.45. The van der Waals surface area contributed by atoms with Crippen LogP contribution in [0, 0.1) is 0 Å². The summed E-state index contributed by atoms with van der Waals surface area (Å²) < 4.78 is 56.5. The first-order valence-corrected chi connectivity index (χ1v) is 13.0. The van der Waals surface area contributed by atoms with Crippen LogP contribution in [0.3, 0.4) is 0 Å². The van der Waals surface area contributed by atoms with Gasteiger partial charge in [0.05, 0.1) is 31.4 Å². The van der Waals surface area contributed by atoms with Gasteiger partial charge in [-0.1, -0.05) is 61.0 Å². The molecule has 0 spiro atoms. The molecule has 39 heavy (non-hydrogen) atoms. The van der Waals surface area contributed by atoms with E-state index in [-0.39, 0.29) is 17.5 Å². The Kier molecular flexibility index (Phi) is 11.1. The lowest BCUT2D eigenvalue weighted by molar-refractivity contribution is -0.137. The molecule has 9 heteroatoms. The van der Waals surface area contributed by atoms with Crippen molar-refractivity contribution in [2.24, 2.45) is 0 Å². The van der Waals surface area contributed by atoms with Crippen LogP contribution in [0.25, 0.3) is 0 Å². The van der Waals surface area contributed by atoms with E-state index in [0.717, 1.165) is 28.7 Å². The second kappa shape index (κ2) is 14.2. The highest BCUT2D eigenvalue weighted by atomic mass is 35.5. The van der Waals surface area contributed by atoms with Gasteiger partial charge >= 0.3 is 12.1 Å². The molecule has 1 aliphatic rings. The Morgan fingerprint density at radius 3 is 2.64 bits per heavy atom. The zero-order valence-corrected chi connectivity index (χ0v) is 23.0. The number of para-hydroxylation sites is 1. The van der Waals surface area contributed by atoms with Gasteiger partial charge < -0.3 is 14.2 Å². The largest absolute Gasteiger partial charge is 0.498 e. The van der Waals surface area contributed by atoms with Crippen molar-refractivity contribution in [3.05, 3.63) is 99.8 Å². The van der Waals surface area contributed by atoms with Crippen LogP contribution in [0.4, 0.5) is 13.2 Å². The summed E-state index contributed by atoms with van der Waals surface area (Å²) in [6, 6.07) is 11.7. The van der Waals surface area contributed by atoms with Gasteiger partial charge in [0.15, 0.2) is 0 Å². The summed E-state index contributed by atoms with van der Waals surface area (Å²) in [6.07, 6.45) is 3.48. The third-order valence-electron chi connectivity index (χ3n) is 6.36. The van der Waals surface area contributed by atoms with Crippen LogP contribution in [0.1, 0.15) is 42.4 Å². The number of benzene rings is 2. The minimum Gasteiger partial charge on any atom is -0.498 e. The second-order valence-electron chi connectivity index (χ2n) is 9.27. The molecule has 0 bridgehead atoms. The third kappa shape index (κ3) is 8.90. The van der Waals surface area contributed by atoms with Gasteiger partial charge in [0.2, 0.25) is 0 Å². The Morgan fingerprint density at radius 1 is 1.15 bits per heavy atom. The molecule has 0 aromatic heterocycles. The van der Waals surface area contributed by atoms with Crippen molar-refractivity contribution >= 4 is 17.6 Å². The van der Waals surface area contributed by atoms with Crippen LogP contribution in [0.15, 0.2) is 78.1 Å². The van der Waals surface area contributed by atoms with E-state index < -0.39 is 17.7 Å². The Labute approximate surface area is 232 Å². The number of allylic oxidation sites excluding steroid dienone is 4. The van der Waals surface area contributed by atoms with Crippen LogP contribution in [0.5, 0.6) is 5.75 Å².